The fraction of sp³-hybridized carbons (Fsp3) is 0.455. The number of hydrogen-bond acceptors (Lipinski definition) is 5. The van der Waals surface area contributed by atoms with Gasteiger partial charge < -0.3 is 4.74 Å². The van der Waals surface area contributed by atoms with Gasteiger partial charge in [-0.05, 0) is 18.9 Å². The van der Waals surface area contributed by atoms with Crippen LogP contribution < -0.4 is 4.72 Å². The summed E-state index contributed by atoms with van der Waals surface area (Å²) in [5.74, 6) is 0. The normalized spacial score (nSPS) is 19.3. The summed E-state index contributed by atoms with van der Waals surface area (Å²) in [7, 11) is -3.64. The van der Waals surface area contributed by atoms with Gasteiger partial charge >= 0.3 is 0 Å². The van der Waals surface area contributed by atoms with Crippen molar-refractivity contribution in [1.82, 2.24) is 20.0 Å². The molecule has 1 saturated heterocycles. The van der Waals surface area contributed by atoms with Crippen molar-refractivity contribution in [3.8, 4) is 0 Å². The Balaban J connectivity index is 1.68. The van der Waals surface area contributed by atoms with Crippen molar-refractivity contribution in [3.05, 3.63) is 24.7 Å². The fourth-order valence-electron chi connectivity index (χ4n) is 2.12. The number of aromatic amines is 1. The van der Waals surface area contributed by atoms with Gasteiger partial charge in [-0.1, -0.05) is 0 Å². The number of sulfonamides is 1. The van der Waals surface area contributed by atoms with Gasteiger partial charge in [0.25, 0.3) is 10.0 Å². The topological polar surface area (TPSA) is 102 Å². The fourth-order valence-corrected chi connectivity index (χ4v) is 3.05. The predicted octanol–water partition coefficient (Wildman–Crippen LogP) is 0.586. The zero-order chi connectivity index (χ0) is 14.0. The summed E-state index contributed by atoms with van der Waals surface area (Å²) in [4.78, 5) is 0. The summed E-state index contributed by atoms with van der Waals surface area (Å²) in [5.41, 5.74) is 0.414. The van der Waals surface area contributed by atoms with E-state index in [-0.39, 0.29) is 11.1 Å². The lowest BCUT2D eigenvalue weighted by molar-refractivity contribution is 0.0940. The zero-order valence-electron chi connectivity index (χ0n) is 10.7. The molecule has 1 atom stereocenters. The third-order valence-electron chi connectivity index (χ3n) is 3.06. The lowest BCUT2D eigenvalue weighted by atomic mass is 10.2. The summed E-state index contributed by atoms with van der Waals surface area (Å²) >= 11 is 0. The molecule has 0 amide bonds. The molecular weight excluding hydrogens is 282 g/mol. The number of ether oxygens (including phenoxy) is 1. The van der Waals surface area contributed by atoms with E-state index >= 15 is 0 Å². The highest BCUT2D eigenvalue weighted by atomic mass is 32.2. The molecule has 0 saturated carbocycles. The van der Waals surface area contributed by atoms with Crippen LogP contribution in [0.1, 0.15) is 12.8 Å². The summed E-state index contributed by atoms with van der Waals surface area (Å²) in [6, 6.07) is 1.39. The van der Waals surface area contributed by atoms with Gasteiger partial charge in [0.15, 0.2) is 5.03 Å². The smallest absolute Gasteiger partial charge is 0.278 e. The molecule has 1 aliphatic rings. The first-order chi connectivity index (χ1) is 9.63. The molecule has 0 bridgehead atoms. The third kappa shape index (κ3) is 2.83. The van der Waals surface area contributed by atoms with E-state index in [0.717, 1.165) is 19.4 Å². The van der Waals surface area contributed by atoms with Crippen LogP contribution in [0.3, 0.4) is 0 Å². The first-order valence-corrected chi connectivity index (χ1v) is 7.78. The molecule has 0 spiro atoms. The molecule has 0 aromatic carbocycles. The molecular formula is C11H15N5O3S. The molecule has 0 radical (unpaired) electrons. The lowest BCUT2D eigenvalue weighted by Gasteiger charge is -2.08. The van der Waals surface area contributed by atoms with Crippen molar-refractivity contribution in [2.24, 2.45) is 0 Å². The van der Waals surface area contributed by atoms with Crippen LogP contribution in [0.25, 0.3) is 0 Å². The van der Waals surface area contributed by atoms with E-state index in [1.165, 1.54) is 18.5 Å². The molecule has 3 rings (SSSR count). The maximum atomic E-state index is 12.0. The van der Waals surface area contributed by atoms with Crippen LogP contribution in [-0.2, 0) is 21.3 Å². The Labute approximate surface area is 116 Å². The Morgan fingerprint density at radius 3 is 3.15 bits per heavy atom. The second-order valence-electron chi connectivity index (χ2n) is 4.61. The van der Waals surface area contributed by atoms with Gasteiger partial charge in [0.1, 0.15) is 0 Å². The van der Waals surface area contributed by atoms with E-state index in [1.807, 2.05) is 0 Å². The molecule has 1 fully saturated rings. The van der Waals surface area contributed by atoms with Crippen LogP contribution in [-0.4, -0.2) is 41.1 Å². The van der Waals surface area contributed by atoms with Crippen LogP contribution in [0.15, 0.2) is 29.7 Å². The summed E-state index contributed by atoms with van der Waals surface area (Å²) < 4.78 is 33.6. The monoisotopic (exact) mass is 297 g/mol. The highest BCUT2D eigenvalue weighted by Gasteiger charge is 2.18. The van der Waals surface area contributed by atoms with Crippen molar-refractivity contribution in [2.45, 2.75) is 30.5 Å². The van der Waals surface area contributed by atoms with E-state index in [1.54, 1.807) is 10.9 Å². The van der Waals surface area contributed by atoms with Crippen LogP contribution in [0, 0.1) is 0 Å². The van der Waals surface area contributed by atoms with Crippen molar-refractivity contribution >= 4 is 15.7 Å². The quantitative estimate of drug-likeness (QED) is 0.840. The minimum Gasteiger partial charge on any atom is -0.376 e. The van der Waals surface area contributed by atoms with Crippen molar-refractivity contribution in [1.29, 1.82) is 0 Å². The van der Waals surface area contributed by atoms with Gasteiger partial charge in [-0.15, -0.1) is 0 Å². The number of H-pyrrole nitrogens is 1. The van der Waals surface area contributed by atoms with Crippen molar-refractivity contribution in [2.75, 3.05) is 11.3 Å². The number of rotatable bonds is 5. The number of nitrogens with one attached hydrogen (secondary N) is 2. The van der Waals surface area contributed by atoms with Crippen molar-refractivity contribution < 1.29 is 13.2 Å². The van der Waals surface area contributed by atoms with Gasteiger partial charge in [-0.3, -0.25) is 14.5 Å². The minimum absolute atomic E-state index is 0.0179. The zero-order valence-corrected chi connectivity index (χ0v) is 11.5. The highest BCUT2D eigenvalue weighted by molar-refractivity contribution is 7.92. The van der Waals surface area contributed by atoms with Crippen LogP contribution in [0.4, 0.5) is 5.69 Å². The molecule has 108 valence electrons. The number of aromatic nitrogens is 4. The van der Waals surface area contributed by atoms with Gasteiger partial charge in [0.2, 0.25) is 0 Å². The standard InChI is InChI=1S/C11H15N5O3S/c17-20(18,11-3-4-12-14-11)15-9-6-13-16(7-9)8-10-2-1-5-19-10/h3-4,6-7,10,15H,1-2,5,8H2,(H,12,14). The van der Waals surface area contributed by atoms with E-state index in [4.69, 9.17) is 4.74 Å². The Kier molecular flexibility index (Phi) is 3.45. The maximum absolute atomic E-state index is 12.0. The third-order valence-corrected chi connectivity index (χ3v) is 4.38. The maximum Gasteiger partial charge on any atom is 0.278 e. The first-order valence-electron chi connectivity index (χ1n) is 6.30. The van der Waals surface area contributed by atoms with Crippen LogP contribution in [0.2, 0.25) is 0 Å². The van der Waals surface area contributed by atoms with Gasteiger partial charge in [-0.2, -0.15) is 18.6 Å². The number of hydrogen-bond donors (Lipinski definition) is 2. The van der Waals surface area contributed by atoms with E-state index in [9.17, 15) is 8.42 Å². The minimum atomic E-state index is -3.64. The number of nitrogens with zero attached hydrogens (tertiary/aromatic N) is 3. The predicted molar refractivity (Wildman–Crippen MR) is 70.6 cm³/mol. The molecule has 2 N–H and O–H groups in total. The van der Waals surface area contributed by atoms with E-state index in [2.05, 4.69) is 20.0 Å². The average molecular weight is 297 g/mol. The second-order valence-corrected chi connectivity index (χ2v) is 6.26. The second kappa shape index (κ2) is 5.25. The molecule has 9 heteroatoms. The van der Waals surface area contributed by atoms with Crippen LogP contribution in [0.5, 0.6) is 0 Å². The summed E-state index contributed by atoms with van der Waals surface area (Å²) in [6.45, 7) is 1.41. The Bertz CT molecular complexity index is 658. The molecule has 1 aliphatic heterocycles. The number of anilines is 1. The average Bonchev–Trinajstić information content (AvgIpc) is 3.10. The summed E-state index contributed by atoms with van der Waals surface area (Å²) in [6.07, 6.45) is 6.74. The Morgan fingerprint density at radius 1 is 1.55 bits per heavy atom. The summed E-state index contributed by atoms with van der Waals surface area (Å²) in [5, 5.41) is 10.2. The van der Waals surface area contributed by atoms with E-state index < -0.39 is 10.0 Å². The lowest BCUT2D eigenvalue weighted by Crippen LogP contribution is -2.15. The molecule has 3 heterocycles. The van der Waals surface area contributed by atoms with E-state index in [0.29, 0.717) is 12.2 Å². The molecule has 8 nitrogen and oxygen atoms in total. The molecule has 2 aromatic rings. The first kappa shape index (κ1) is 13.1. The van der Waals surface area contributed by atoms with Gasteiger partial charge in [0.05, 0.1) is 30.7 Å². The Morgan fingerprint density at radius 2 is 2.45 bits per heavy atom. The van der Waals surface area contributed by atoms with Crippen LogP contribution >= 0.6 is 0 Å². The SMILES string of the molecule is O=S(=O)(Nc1cnn(CC2CCCO2)c1)c1ccn[nH]1. The van der Waals surface area contributed by atoms with Gasteiger partial charge in [-0.25, -0.2) is 0 Å². The molecule has 2 aromatic heterocycles. The molecule has 20 heavy (non-hydrogen) atoms. The largest absolute Gasteiger partial charge is 0.376 e. The van der Waals surface area contributed by atoms with Gasteiger partial charge in [0, 0.05) is 12.8 Å². The molecule has 1 unspecified atom stereocenters. The highest BCUT2D eigenvalue weighted by Crippen LogP contribution is 2.16. The van der Waals surface area contributed by atoms with Crippen molar-refractivity contribution in [3.63, 3.8) is 0 Å². The molecule has 0 aliphatic carbocycles. The Hall–Kier alpha value is -1.87.